The van der Waals surface area contributed by atoms with E-state index in [0.29, 0.717) is 17.5 Å². The van der Waals surface area contributed by atoms with E-state index in [1.165, 1.54) is 13.0 Å². The van der Waals surface area contributed by atoms with Crippen LogP contribution in [0.2, 0.25) is 0 Å². The number of ketones is 1. The van der Waals surface area contributed by atoms with Crippen LogP contribution in [0, 0.1) is 12.7 Å². The fraction of sp³-hybridized carbons (Fsp3) is 0.364. The molecule has 1 aromatic rings. The molecule has 0 saturated carbocycles. The van der Waals surface area contributed by atoms with Gasteiger partial charge in [-0.2, -0.15) is 0 Å². The lowest BCUT2D eigenvalue weighted by Gasteiger charge is -2.06. The highest BCUT2D eigenvalue weighted by Gasteiger charge is 2.08. The normalized spacial score (nSPS) is 10.2. The Morgan fingerprint density at radius 1 is 1.46 bits per heavy atom. The Balaban J connectivity index is 3.28. The molecular formula is C11H13FO. The van der Waals surface area contributed by atoms with Crippen molar-refractivity contribution in [2.45, 2.75) is 27.2 Å². The molecule has 0 spiro atoms. The molecule has 0 aliphatic rings. The SMILES string of the molecule is CCc1c(C)cc(C(C)=O)cc1F. The van der Waals surface area contributed by atoms with Crippen LogP contribution in [0.1, 0.15) is 35.3 Å². The maximum absolute atomic E-state index is 13.3. The number of halogens is 1. The molecule has 0 aromatic heterocycles. The summed E-state index contributed by atoms with van der Waals surface area (Å²) in [5.41, 5.74) is 2.00. The molecule has 1 aromatic carbocycles. The summed E-state index contributed by atoms with van der Waals surface area (Å²) in [6.07, 6.45) is 0.663. The Morgan fingerprint density at radius 3 is 2.46 bits per heavy atom. The van der Waals surface area contributed by atoms with Gasteiger partial charge in [0.1, 0.15) is 5.82 Å². The van der Waals surface area contributed by atoms with Crippen molar-refractivity contribution in [3.8, 4) is 0 Å². The summed E-state index contributed by atoms with van der Waals surface area (Å²) in [5, 5.41) is 0. The average Bonchev–Trinajstić information content (AvgIpc) is 2.03. The van der Waals surface area contributed by atoms with Gasteiger partial charge < -0.3 is 0 Å². The summed E-state index contributed by atoms with van der Waals surface area (Å²) < 4.78 is 13.3. The zero-order valence-electron chi connectivity index (χ0n) is 8.15. The van der Waals surface area contributed by atoms with E-state index < -0.39 is 0 Å². The number of benzene rings is 1. The quantitative estimate of drug-likeness (QED) is 0.639. The molecule has 1 nitrogen and oxygen atoms in total. The number of carbonyl (C=O) groups excluding carboxylic acids is 1. The summed E-state index contributed by atoms with van der Waals surface area (Å²) in [4.78, 5) is 11.0. The Kier molecular flexibility index (Phi) is 2.81. The van der Waals surface area contributed by atoms with E-state index in [0.717, 1.165) is 5.56 Å². The lowest BCUT2D eigenvalue weighted by Crippen LogP contribution is -1.99. The zero-order chi connectivity index (χ0) is 10.0. The van der Waals surface area contributed by atoms with E-state index in [1.54, 1.807) is 6.07 Å². The Morgan fingerprint density at radius 2 is 2.08 bits per heavy atom. The highest BCUT2D eigenvalue weighted by Crippen LogP contribution is 2.16. The predicted octanol–water partition coefficient (Wildman–Crippen LogP) is 2.90. The lowest BCUT2D eigenvalue weighted by atomic mass is 10.0. The molecule has 0 N–H and O–H groups in total. The molecule has 13 heavy (non-hydrogen) atoms. The third-order valence-corrected chi connectivity index (χ3v) is 2.18. The molecule has 0 aliphatic heterocycles. The highest BCUT2D eigenvalue weighted by atomic mass is 19.1. The van der Waals surface area contributed by atoms with Crippen LogP contribution in [-0.4, -0.2) is 5.78 Å². The molecule has 1 rings (SSSR count). The van der Waals surface area contributed by atoms with Crippen LogP contribution in [0.3, 0.4) is 0 Å². The van der Waals surface area contributed by atoms with E-state index in [4.69, 9.17) is 0 Å². The number of rotatable bonds is 2. The topological polar surface area (TPSA) is 17.1 Å². The van der Waals surface area contributed by atoms with Gasteiger partial charge in [-0.25, -0.2) is 4.39 Å². The van der Waals surface area contributed by atoms with E-state index in [1.807, 2.05) is 13.8 Å². The summed E-state index contributed by atoms with van der Waals surface area (Å²) in [6, 6.07) is 3.05. The van der Waals surface area contributed by atoms with Crippen molar-refractivity contribution in [3.63, 3.8) is 0 Å². The van der Waals surface area contributed by atoms with Gasteiger partial charge in [0.25, 0.3) is 0 Å². The van der Waals surface area contributed by atoms with Crippen molar-refractivity contribution >= 4 is 5.78 Å². The maximum atomic E-state index is 13.3. The number of aryl methyl sites for hydroxylation is 1. The van der Waals surface area contributed by atoms with Crippen molar-refractivity contribution in [1.29, 1.82) is 0 Å². The van der Waals surface area contributed by atoms with Crippen LogP contribution in [0.4, 0.5) is 4.39 Å². The van der Waals surface area contributed by atoms with Crippen molar-refractivity contribution < 1.29 is 9.18 Å². The molecule has 0 atom stereocenters. The number of hydrogen-bond acceptors (Lipinski definition) is 1. The van der Waals surface area contributed by atoms with E-state index in [2.05, 4.69) is 0 Å². The Labute approximate surface area is 77.6 Å². The molecule has 0 saturated heterocycles. The summed E-state index contributed by atoms with van der Waals surface area (Å²) in [6.45, 7) is 5.17. The smallest absolute Gasteiger partial charge is 0.159 e. The van der Waals surface area contributed by atoms with Gasteiger partial charge in [-0.15, -0.1) is 0 Å². The van der Waals surface area contributed by atoms with Crippen molar-refractivity contribution in [2.24, 2.45) is 0 Å². The van der Waals surface area contributed by atoms with Gasteiger partial charge in [-0.3, -0.25) is 4.79 Å². The number of carbonyl (C=O) groups is 1. The largest absolute Gasteiger partial charge is 0.295 e. The third kappa shape index (κ3) is 1.94. The van der Waals surface area contributed by atoms with Crippen molar-refractivity contribution in [3.05, 3.63) is 34.6 Å². The van der Waals surface area contributed by atoms with E-state index in [9.17, 15) is 9.18 Å². The predicted molar refractivity (Wildman–Crippen MR) is 50.5 cm³/mol. The maximum Gasteiger partial charge on any atom is 0.159 e. The third-order valence-electron chi connectivity index (χ3n) is 2.18. The second-order valence-electron chi connectivity index (χ2n) is 3.16. The first kappa shape index (κ1) is 9.90. The van der Waals surface area contributed by atoms with Gasteiger partial charge in [-0.1, -0.05) is 6.92 Å². The summed E-state index contributed by atoms with van der Waals surface area (Å²) in [7, 11) is 0. The fourth-order valence-electron chi connectivity index (χ4n) is 1.43. The van der Waals surface area contributed by atoms with Crippen LogP contribution in [0.25, 0.3) is 0 Å². The molecular weight excluding hydrogens is 167 g/mol. The molecule has 2 heteroatoms. The van der Waals surface area contributed by atoms with Crippen LogP contribution >= 0.6 is 0 Å². The Bertz CT molecular complexity index is 319. The average molecular weight is 180 g/mol. The molecule has 0 bridgehead atoms. The van der Waals surface area contributed by atoms with Gasteiger partial charge in [-0.05, 0) is 43.5 Å². The van der Waals surface area contributed by atoms with Crippen molar-refractivity contribution in [2.75, 3.05) is 0 Å². The molecule has 0 fully saturated rings. The Hall–Kier alpha value is -1.18. The first-order valence-electron chi connectivity index (χ1n) is 4.36. The lowest BCUT2D eigenvalue weighted by molar-refractivity contribution is 0.101. The van der Waals surface area contributed by atoms with Gasteiger partial charge in [0.2, 0.25) is 0 Å². The van der Waals surface area contributed by atoms with E-state index >= 15 is 0 Å². The second-order valence-corrected chi connectivity index (χ2v) is 3.16. The highest BCUT2D eigenvalue weighted by molar-refractivity contribution is 5.94. The fourth-order valence-corrected chi connectivity index (χ4v) is 1.43. The van der Waals surface area contributed by atoms with Crippen LogP contribution in [-0.2, 0) is 6.42 Å². The summed E-state index contributed by atoms with van der Waals surface area (Å²) >= 11 is 0. The van der Waals surface area contributed by atoms with Crippen LogP contribution < -0.4 is 0 Å². The number of hydrogen-bond donors (Lipinski definition) is 0. The van der Waals surface area contributed by atoms with Crippen molar-refractivity contribution in [1.82, 2.24) is 0 Å². The monoisotopic (exact) mass is 180 g/mol. The van der Waals surface area contributed by atoms with Crippen LogP contribution in [0.5, 0.6) is 0 Å². The first-order chi connectivity index (χ1) is 6.06. The first-order valence-corrected chi connectivity index (χ1v) is 4.36. The van der Waals surface area contributed by atoms with Gasteiger partial charge >= 0.3 is 0 Å². The molecule has 0 radical (unpaired) electrons. The molecule has 0 aliphatic carbocycles. The minimum Gasteiger partial charge on any atom is -0.295 e. The molecule has 0 unspecified atom stereocenters. The molecule has 0 amide bonds. The minimum atomic E-state index is -0.271. The molecule has 70 valence electrons. The van der Waals surface area contributed by atoms with Gasteiger partial charge in [0.15, 0.2) is 5.78 Å². The zero-order valence-corrected chi connectivity index (χ0v) is 8.15. The second kappa shape index (κ2) is 3.69. The minimum absolute atomic E-state index is 0.0929. The van der Waals surface area contributed by atoms with Gasteiger partial charge in [0.05, 0.1) is 0 Å². The number of Topliss-reactive ketones (excluding diaryl/α,β-unsaturated/α-hetero) is 1. The standard InChI is InChI=1S/C11H13FO/c1-4-10-7(2)5-9(8(3)13)6-11(10)12/h5-6H,4H2,1-3H3. The summed E-state index contributed by atoms with van der Waals surface area (Å²) in [5.74, 6) is -0.364. The van der Waals surface area contributed by atoms with Gasteiger partial charge in [0, 0.05) is 5.56 Å². The van der Waals surface area contributed by atoms with Crippen LogP contribution in [0.15, 0.2) is 12.1 Å². The van der Waals surface area contributed by atoms with E-state index in [-0.39, 0.29) is 11.6 Å². The molecule has 0 heterocycles.